The minimum atomic E-state index is -1.22. The van der Waals surface area contributed by atoms with E-state index in [1.807, 2.05) is 24.3 Å². The smallest absolute Gasteiger partial charge is 0.341 e. The second-order valence-corrected chi connectivity index (χ2v) is 3.75. The van der Waals surface area contributed by atoms with Crippen LogP contribution in [0.2, 0.25) is 0 Å². The van der Waals surface area contributed by atoms with Gasteiger partial charge in [-0.2, -0.15) is 0 Å². The summed E-state index contributed by atoms with van der Waals surface area (Å²) < 4.78 is 1.59. The summed E-state index contributed by atoms with van der Waals surface area (Å²) in [4.78, 5) is 22.8. The van der Waals surface area contributed by atoms with Crippen LogP contribution >= 0.6 is 0 Å². The molecule has 0 fully saturated rings. The second-order valence-electron chi connectivity index (χ2n) is 3.75. The molecule has 0 amide bonds. The van der Waals surface area contributed by atoms with E-state index in [1.54, 1.807) is 10.6 Å². The van der Waals surface area contributed by atoms with Crippen LogP contribution in [0.25, 0.3) is 16.4 Å². The van der Waals surface area contributed by atoms with Gasteiger partial charge in [0, 0.05) is 11.6 Å². The predicted octanol–water partition coefficient (Wildman–Crippen LogP) is 1.48. The summed E-state index contributed by atoms with van der Waals surface area (Å²) in [6.07, 6.45) is 1.21. The molecule has 0 spiro atoms. The molecule has 0 aliphatic rings. The minimum absolute atomic E-state index is 0.250. The van der Waals surface area contributed by atoms with Crippen LogP contribution in [-0.2, 0) is 0 Å². The highest BCUT2D eigenvalue weighted by atomic mass is 16.4. The monoisotopic (exact) mass is 228 g/mol. The summed E-state index contributed by atoms with van der Waals surface area (Å²) in [6.45, 7) is 0. The SMILES string of the molecule is O=C(O)c1c[nH]n2c(cc3ccccc32)c1=O. The molecule has 2 aromatic heterocycles. The molecule has 0 atom stereocenters. The molecule has 3 rings (SSSR count). The zero-order chi connectivity index (χ0) is 12.0. The largest absolute Gasteiger partial charge is 0.477 e. The van der Waals surface area contributed by atoms with Crippen LogP contribution in [0.1, 0.15) is 10.4 Å². The van der Waals surface area contributed by atoms with E-state index in [1.165, 1.54) is 6.20 Å². The van der Waals surface area contributed by atoms with Crippen molar-refractivity contribution in [1.29, 1.82) is 0 Å². The number of aromatic nitrogens is 2. The average molecular weight is 228 g/mol. The van der Waals surface area contributed by atoms with Crippen molar-refractivity contribution in [1.82, 2.24) is 9.61 Å². The highest BCUT2D eigenvalue weighted by molar-refractivity contribution is 5.91. The number of fused-ring (bicyclic) bond motifs is 3. The summed E-state index contributed by atoms with van der Waals surface area (Å²) >= 11 is 0. The molecule has 0 saturated carbocycles. The highest BCUT2D eigenvalue weighted by Gasteiger charge is 2.13. The molecule has 84 valence electrons. The van der Waals surface area contributed by atoms with Crippen molar-refractivity contribution in [2.24, 2.45) is 0 Å². The molecule has 0 aliphatic heterocycles. The molecule has 0 bridgehead atoms. The lowest BCUT2D eigenvalue weighted by Gasteiger charge is -1.98. The minimum Gasteiger partial charge on any atom is -0.477 e. The number of H-pyrrole nitrogens is 1. The Morgan fingerprint density at radius 3 is 2.76 bits per heavy atom. The van der Waals surface area contributed by atoms with Crippen LogP contribution in [0.5, 0.6) is 0 Å². The Hall–Kier alpha value is -2.56. The lowest BCUT2D eigenvalue weighted by molar-refractivity contribution is 0.0695. The molecule has 3 aromatic rings. The molecule has 5 nitrogen and oxygen atoms in total. The summed E-state index contributed by atoms with van der Waals surface area (Å²) in [5, 5.41) is 12.6. The van der Waals surface area contributed by atoms with Crippen LogP contribution in [0.3, 0.4) is 0 Å². The number of rotatable bonds is 1. The van der Waals surface area contributed by atoms with Gasteiger partial charge < -0.3 is 5.11 Å². The van der Waals surface area contributed by atoms with Gasteiger partial charge in [-0.3, -0.25) is 14.4 Å². The first-order valence-corrected chi connectivity index (χ1v) is 5.03. The highest BCUT2D eigenvalue weighted by Crippen LogP contribution is 2.16. The second kappa shape index (κ2) is 3.21. The zero-order valence-electron chi connectivity index (χ0n) is 8.68. The fourth-order valence-corrected chi connectivity index (χ4v) is 1.95. The third-order valence-corrected chi connectivity index (χ3v) is 2.76. The van der Waals surface area contributed by atoms with Crippen LogP contribution in [0, 0.1) is 0 Å². The van der Waals surface area contributed by atoms with Gasteiger partial charge in [0.25, 0.3) is 0 Å². The molecule has 0 unspecified atom stereocenters. The molecule has 17 heavy (non-hydrogen) atoms. The van der Waals surface area contributed by atoms with Crippen LogP contribution in [0.15, 0.2) is 41.3 Å². The Kier molecular flexibility index (Phi) is 1.82. The van der Waals surface area contributed by atoms with Crippen molar-refractivity contribution in [3.63, 3.8) is 0 Å². The average Bonchev–Trinajstić information content (AvgIpc) is 2.69. The number of carboxylic acid groups (broad SMARTS) is 1. The maximum Gasteiger partial charge on any atom is 0.341 e. The van der Waals surface area contributed by atoms with Crippen LogP contribution < -0.4 is 5.43 Å². The Balaban J connectivity index is 2.53. The number of hydrogen-bond donors (Lipinski definition) is 2. The Labute approximate surface area is 94.9 Å². The van der Waals surface area contributed by atoms with E-state index in [0.29, 0.717) is 5.52 Å². The third kappa shape index (κ3) is 1.25. The molecule has 5 heteroatoms. The van der Waals surface area contributed by atoms with Crippen molar-refractivity contribution in [3.05, 3.63) is 52.3 Å². The number of carboxylic acids is 1. The maximum atomic E-state index is 11.9. The molecule has 0 saturated heterocycles. The molecule has 0 radical (unpaired) electrons. The number of nitrogens with one attached hydrogen (secondary N) is 1. The molecule has 0 aliphatic carbocycles. The van der Waals surface area contributed by atoms with Crippen molar-refractivity contribution in [2.45, 2.75) is 0 Å². The summed E-state index contributed by atoms with van der Waals surface area (Å²) in [5.41, 5.74) is 0.454. The lowest BCUT2D eigenvalue weighted by Crippen LogP contribution is -2.17. The molecule has 2 N–H and O–H groups in total. The van der Waals surface area contributed by atoms with Crippen LogP contribution in [-0.4, -0.2) is 20.7 Å². The molecule has 2 heterocycles. The molecule has 1 aromatic carbocycles. The third-order valence-electron chi connectivity index (χ3n) is 2.76. The fraction of sp³-hybridized carbons (Fsp3) is 0. The lowest BCUT2D eigenvalue weighted by atomic mass is 10.2. The Morgan fingerprint density at radius 1 is 1.24 bits per heavy atom. The van der Waals surface area contributed by atoms with Gasteiger partial charge in [-0.1, -0.05) is 18.2 Å². The first kappa shape index (κ1) is 9.65. The zero-order valence-corrected chi connectivity index (χ0v) is 8.68. The van der Waals surface area contributed by atoms with Gasteiger partial charge >= 0.3 is 5.97 Å². The van der Waals surface area contributed by atoms with Gasteiger partial charge in [-0.15, -0.1) is 0 Å². The van der Waals surface area contributed by atoms with Gasteiger partial charge in [0.05, 0.1) is 5.52 Å². The fourth-order valence-electron chi connectivity index (χ4n) is 1.95. The first-order chi connectivity index (χ1) is 8.18. The first-order valence-electron chi connectivity index (χ1n) is 5.03. The number of aromatic amines is 1. The Bertz CT molecular complexity index is 798. The van der Waals surface area contributed by atoms with E-state index in [-0.39, 0.29) is 5.56 Å². The van der Waals surface area contributed by atoms with E-state index in [2.05, 4.69) is 5.10 Å². The van der Waals surface area contributed by atoms with Crippen molar-refractivity contribution in [2.75, 3.05) is 0 Å². The maximum absolute atomic E-state index is 11.9. The molecular weight excluding hydrogens is 220 g/mol. The van der Waals surface area contributed by atoms with E-state index >= 15 is 0 Å². The standard InChI is InChI=1S/C12H8N2O3/c15-11-8(12(16)17)6-13-14-9-4-2-1-3-7(9)5-10(11)14/h1-6,13H,(H,16,17). The number of hydrogen-bond acceptors (Lipinski definition) is 2. The Morgan fingerprint density at radius 2 is 2.00 bits per heavy atom. The van der Waals surface area contributed by atoms with E-state index in [0.717, 1.165) is 10.9 Å². The van der Waals surface area contributed by atoms with Crippen molar-refractivity contribution >= 4 is 22.4 Å². The van der Waals surface area contributed by atoms with Gasteiger partial charge in [-0.05, 0) is 12.1 Å². The summed E-state index contributed by atoms with van der Waals surface area (Å²) in [5.74, 6) is -1.22. The van der Waals surface area contributed by atoms with Crippen molar-refractivity contribution < 1.29 is 9.90 Å². The number of carbonyl (C=O) groups is 1. The quantitative estimate of drug-likeness (QED) is 0.662. The van der Waals surface area contributed by atoms with Crippen molar-refractivity contribution in [3.8, 4) is 0 Å². The van der Waals surface area contributed by atoms with Gasteiger partial charge in [0.1, 0.15) is 11.1 Å². The number of aromatic carboxylic acids is 1. The molecular formula is C12H8N2O3. The topological polar surface area (TPSA) is 74.6 Å². The van der Waals surface area contributed by atoms with E-state index in [9.17, 15) is 9.59 Å². The van der Waals surface area contributed by atoms with E-state index in [4.69, 9.17) is 5.11 Å². The van der Waals surface area contributed by atoms with Gasteiger partial charge in [0.15, 0.2) is 0 Å². The normalized spacial score (nSPS) is 11.1. The van der Waals surface area contributed by atoms with Gasteiger partial charge in [0.2, 0.25) is 5.43 Å². The number of para-hydroxylation sites is 1. The number of benzene rings is 1. The van der Waals surface area contributed by atoms with Crippen LogP contribution in [0.4, 0.5) is 0 Å². The summed E-state index contributed by atoms with van der Waals surface area (Å²) in [6, 6.07) is 9.14. The summed E-state index contributed by atoms with van der Waals surface area (Å²) in [7, 11) is 0. The van der Waals surface area contributed by atoms with Gasteiger partial charge in [-0.25, -0.2) is 4.79 Å². The predicted molar refractivity (Wildman–Crippen MR) is 62.5 cm³/mol. The van der Waals surface area contributed by atoms with E-state index < -0.39 is 11.4 Å². The number of nitrogens with zero attached hydrogens (tertiary/aromatic N) is 1.